The highest BCUT2D eigenvalue weighted by atomic mass is 32.2. The van der Waals surface area contributed by atoms with Crippen molar-refractivity contribution in [2.24, 2.45) is 11.5 Å². The Labute approximate surface area is 125 Å². The first-order valence-electron chi connectivity index (χ1n) is 6.52. The van der Waals surface area contributed by atoms with Gasteiger partial charge < -0.3 is 11.5 Å². The maximum absolute atomic E-state index is 12.1. The maximum Gasteiger partial charge on any atom is 0.240 e. The molecule has 114 valence electrons. The fourth-order valence-corrected chi connectivity index (χ4v) is 2.73. The van der Waals surface area contributed by atoms with Gasteiger partial charge in [0.2, 0.25) is 15.9 Å². The van der Waals surface area contributed by atoms with Crippen molar-refractivity contribution in [1.82, 2.24) is 4.72 Å². The van der Waals surface area contributed by atoms with Gasteiger partial charge in [0, 0.05) is 18.5 Å². The van der Waals surface area contributed by atoms with Crippen LogP contribution in [0, 0.1) is 11.8 Å². The summed E-state index contributed by atoms with van der Waals surface area (Å²) in [5.41, 5.74) is 10.9. The Morgan fingerprint density at radius 2 is 2.05 bits per heavy atom. The lowest BCUT2D eigenvalue weighted by atomic mass is 10.2. The molecule has 1 aromatic carbocycles. The summed E-state index contributed by atoms with van der Waals surface area (Å²) in [4.78, 5) is 10.7. The van der Waals surface area contributed by atoms with E-state index in [1.165, 1.54) is 12.1 Å². The summed E-state index contributed by atoms with van der Waals surface area (Å²) in [6.45, 7) is 0.476. The topological polar surface area (TPSA) is 115 Å². The normalized spacial score (nSPS) is 10.7. The van der Waals surface area contributed by atoms with Crippen LogP contribution in [0.4, 0.5) is 0 Å². The molecule has 5 N–H and O–H groups in total. The van der Waals surface area contributed by atoms with Crippen LogP contribution in [0.3, 0.4) is 0 Å². The van der Waals surface area contributed by atoms with Gasteiger partial charge in [-0.05, 0) is 31.0 Å². The number of primary amides is 1. The van der Waals surface area contributed by atoms with Crippen molar-refractivity contribution in [2.45, 2.75) is 24.2 Å². The van der Waals surface area contributed by atoms with Gasteiger partial charge in [-0.2, -0.15) is 0 Å². The second kappa shape index (κ2) is 8.42. The zero-order valence-corrected chi connectivity index (χ0v) is 12.4. The summed E-state index contributed by atoms with van der Waals surface area (Å²) >= 11 is 0. The summed E-state index contributed by atoms with van der Waals surface area (Å²) in [6, 6.07) is 6.34. The lowest BCUT2D eigenvalue weighted by molar-refractivity contribution is -0.118. The predicted octanol–water partition coefficient (Wildman–Crippen LogP) is -0.0693. The summed E-state index contributed by atoms with van der Waals surface area (Å²) in [7, 11) is -3.57. The average molecular weight is 309 g/mol. The van der Waals surface area contributed by atoms with Crippen LogP contribution in [0.15, 0.2) is 29.2 Å². The molecule has 21 heavy (non-hydrogen) atoms. The fraction of sp³-hybridized carbons (Fsp3) is 0.357. The molecule has 0 aliphatic heterocycles. The number of unbranched alkanes of at least 4 members (excludes halogenated alkanes) is 1. The van der Waals surface area contributed by atoms with Crippen molar-refractivity contribution >= 4 is 15.9 Å². The van der Waals surface area contributed by atoms with Crippen molar-refractivity contribution in [3.05, 3.63) is 29.8 Å². The van der Waals surface area contributed by atoms with E-state index < -0.39 is 10.0 Å². The third-order valence-electron chi connectivity index (χ3n) is 2.62. The molecule has 6 nitrogen and oxygen atoms in total. The molecule has 0 bridgehead atoms. The Hall–Kier alpha value is -1.88. The van der Waals surface area contributed by atoms with Crippen LogP contribution in [-0.4, -0.2) is 27.4 Å². The van der Waals surface area contributed by atoms with Gasteiger partial charge in [-0.1, -0.05) is 17.9 Å². The third kappa shape index (κ3) is 6.40. The minimum atomic E-state index is -3.57. The average Bonchev–Trinajstić information content (AvgIpc) is 2.44. The predicted molar refractivity (Wildman–Crippen MR) is 80.6 cm³/mol. The Morgan fingerprint density at radius 1 is 1.29 bits per heavy atom. The zero-order valence-electron chi connectivity index (χ0n) is 11.6. The van der Waals surface area contributed by atoms with Crippen molar-refractivity contribution < 1.29 is 13.2 Å². The number of hydrogen-bond donors (Lipinski definition) is 3. The van der Waals surface area contributed by atoms with Crippen molar-refractivity contribution in [3.8, 4) is 11.8 Å². The molecular formula is C14H19N3O3S. The minimum Gasteiger partial charge on any atom is -0.370 e. The molecule has 0 unspecified atom stereocenters. The Balaban J connectivity index is 2.63. The molecule has 0 fully saturated rings. The van der Waals surface area contributed by atoms with E-state index >= 15 is 0 Å². The molecule has 1 aromatic rings. The van der Waals surface area contributed by atoms with Crippen LogP contribution in [0.25, 0.3) is 0 Å². The number of hydrogen-bond acceptors (Lipinski definition) is 4. The zero-order chi connectivity index (χ0) is 15.7. The van der Waals surface area contributed by atoms with Gasteiger partial charge in [-0.3, -0.25) is 4.79 Å². The lowest BCUT2D eigenvalue weighted by Crippen LogP contribution is -2.25. The van der Waals surface area contributed by atoms with Gasteiger partial charge in [-0.25, -0.2) is 13.1 Å². The monoisotopic (exact) mass is 309 g/mol. The highest BCUT2D eigenvalue weighted by molar-refractivity contribution is 7.89. The van der Waals surface area contributed by atoms with E-state index in [1.54, 1.807) is 12.1 Å². The number of nitrogens with two attached hydrogens (primary N) is 2. The van der Waals surface area contributed by atoms with E-state index in [4.69, 9.17) is 11.5 Å². The molecule has 0 saturated carbocycles. The van der Waals surface area contributed by atoms with Gasteiger partial charge in [0.1, 0.15) is 0 Å². The Bertz CT molecular complexity index is 645. The van der Waals surface area contributed by atoms with Crippen LogP contribution in [0.2, 0.25) is 0 Å². The fourth-order valence-electron chi connectivity index (χ4n) is 1.61. The molecule has 0 aromatic heterocycles. The van der Waals surface area contributed by atoms with E-state index in [0.717, 1.165) is 0 Å². The largest absolute Gasteiger partial charge is 0.370 e. The van der Waals surface area contributed by atoms with E-state index in [1.807, 2.05) is 0 Å². The van der Waals surface area contributed by atoms with Gasteiger partial charge in [0.05, 0.1) is 11.4 Å². The van der Waals surface area contributed by atoms with E-state index in [0.29, 0.717) is 18.4 Å². The molecule has 0 atom stereocenters. The van der Waals surface area contributed by atoms with Crippen LogP contribution in [0.1, 0.15) is 24.8 Å². The first-order valence-corrected chi connectivity index (χ1v) is 8.01. The van der Waals surface area contributed by atoms with Gasteiger partial charge >= 0.3 is 0 Å². The van der Waals surface area contributed by atoms with Crippen molar-refractivity contribution in [3.63, 3.8) is 0 Å². The first-order chi connectivity index (χ1) is 9.95. The van der Waals surface area contributed by atoms with E-state index in [2.05, 4.69) is 16.6 Å². The number of sulfonamides is 1. The number of nitrogens with one attached hydrogen (secondary N) is 1. The molecule has 0 radical (unpaired) electrons. The molecule has 0 spiro atoms. The smallest absolute Gasteiger partial charge is 0.240 e. The van der Waals surface area contributed by atoms with E-state index in [9.17, 15) is 13.2 Å². The second-order valence-corrected chi connectivity index (χ2v) is 6.12. The first kappa shape index (κ1) is 17.2. The number of benzene rings is 1. The quantitative estimate of drug-likeness (QED) is 0.483. The summed E-state index contributed by atoms with van der Waals surface area (Å²) < 4.78 is 26.6. The van der Waals surface area contributed by atoms with Crippen LogP contribution >= 0.6 is 0 Å². The maximum atomic E-state index is 12.1. The summed E-state index contributed by atoms with van der Waals surface area (Å²) in [6.07, 6.45) is 1.36. The molecular weight excluding hydrogens is 290 g/mol. The van der Waals surface area contributed by atoms with E-state index in [-0.39, 0.29) is 30.3 Å². The second-order valence-electron chi connectivity index (χ2n) is 4.35. The Kier molecular flexibility index (Phi) is 6.88. The third-order valence-corrected chi connectivity index (χ3v) is 4.08. The number of rotatable bonds is 7. The van der Waals surface area contributed by atoms with Crippen molar-refractivity contribution in [2.75, 3.05) is 13.1 Å². The number of amides is 1. The van der Waals surface area contributed by atoms with Crippen LogP contribution < -0.4 is 16.2 Å². The number of carbonyl (C=O) groups excluding carboxylic acids is 1. The molecule has 0 heterocycles. The van der Waals surface area contributed by atoms with Crippen LogP contribution in [-0.2, 0) is 14.8 Å². The van der Waals surface area contributed by atoms with Crippen molar-refractivity contribution in [1.29, 1.82) is 0 Å². The SMILES string of the molecule is NCC#Cc1cccc(S(=O)(=O)NCCCCC(N)=O)c1. The van der Waals surface area contributed by atoms with Crippen LogP contribution in [0.5, 0.6) is 0 Å². The number of carbonyl (C=O) groups is 1. The Morgan fingerprint density at radius 3 is 2.71 bits per heavy atom. The summed E-state index contributed by atoms with van der Waals surface area (Å²) in [5, 5.41) is 0. The highest BCUT2D eigenvalue weighted by Crippen LogP contribution is 2.11. The molecule has 7 heteroatoms. The van der Waals surface area contributed by atoms with Gasteiger partial charge in [0.25, 0.3) is 0 Å². The highest BCUT2D eigenvalue weighted by Gasteiger charge is 2.13. The van der Waals surface area contributed by atoms with Gasteiger partial charge in [-0.15, -0.1) is 0 Å². The molecule has 1 amide bonds. The molecule has 1 rings (SSSR count). The molecule has 0 aliphatic rings. The molecule has 0 saturated heterocycles. The van der Waals surface area contributed by atoms with Gasteiger partial charge in [0.15, 0.2) is 0 Å². The molecule has 0 aliphatic carbocycles. The standard InChI is InChI=1S/C14H19N3O3S/c15-9-4-6-12-5-3-7-13(11-12)21(19,20)17-10-2-1-8-14(16)18/h3,5,7,11,17H,1-2,8-10,15H2,(H2,16,18). The minimum absolute atomic E-state index is 0.154. The summed E-state index contributed by atoms with van der Waals surface area (Å²) in [5.74, 6) is 5.07. The lowest BCUT2D eigenvalue weighted by Gasteiger charge is -2.06.